The van der Waals surface area contributed by atoms with Crippen LogP contribution in [0.5, 0.6) is 0 Å². The summed E-state index contributed by atoms with van der Waals surface area (Å²) in [5, 5.41) is 0. The fourth-order valence-electron chi connectivity index (χ4n) is 1.52. The SMILES string of the molecule is CC(C)(CN)CCCS(=O)c1ccccc1F. The quantitative estimate of drug-likeness (QED) is 0.851. The molecule has 0 saturated heterocycles. The van der Waals surface area contributed by atoms with Gasteiger partial charge >= 0.3 is 0 Å². The molecule has 0 aliphatic heterocycles. The summed E-state index contributed by atoms with van der Waals surface area (Å²) in [5.41, 5.74) is 5.69. The van der Waals surface area contributed by atoms with Gasteiger partial charge in [-0.05, 0) is 36.9 Å². The van der Waals surface area contributed by atoms with Crippen molar-refractivity contribution in [1.82, 2.24) is 0 Å². The van der Waals surface area contributed by atoms with Crippen molar-refractivity contribution < 1.29 is 8.60 Å². The van der Waals surface area contributed by atoms with Gasteiger partial charge in [0, 0.05) is 5.75 Å². The molecule has 0 spiro atoms. The average Bonchev–Trinajstić information content (AvgIpc) is 2.29. The maximum absolute atomic E-state index is 13.4. The van der Waals surface area contributed by atoms with E-state index in [0.717, 1.165) is 12.8 Å². The smallest absolute Gasteiger partial charge is 0.139 e. The second-order valence-corrected chi connectivity index (χ2v) is 6.49. The normalized spacial score (nSPS) is 13.6. The molecule has 2 nitrogen and oxygen atoms in total. The molecule has 96 valence electrons. The van der Waals surface area contributed by atoms with Gasteiger partial charge in [-0.2, -0.15) is 0 Å². The minimum Gasteiger partial charge on any atom is -0.330 e. The zero-order valence-electron chi connectivity index (χ0n) is 10.4. The molecule has 0 bridgehead atoms. The molecule has 0 aliphatic carbocycles. The Morgan fingerprint density at radius 3 is 2.59 bits per heavy atom. The maximum Gasteiger partial charge on any atom is 0.139 e. The molecular formula is C13H20FNOS. The van der Waals surface area contributed by atoms with Gasteiger partial charge in [0.2, 0.25) is 0 Å². The minimum atomic E-state index is -1.25. The highest BCUT2D eigenvalue weighted by molar-refractivity contribution is 7.85. The van der Waals surface area contributed by atoms with Crippen molar-refractivity contribution in [3.05, 3.63) is 30.1 Å². The van der Waals surface area contributed by atoms with Crippen molar-refractivity contribution in [3.8, 4) is 0 Å². The Morgan fingerprint density at radius 1 is 1.35 bits per heavy atom. The van der Waals surface area contributed by atoms with Gasteiger partial charge in [-0.1, -0.05) is 26.0 Å². The predicted octanol–water partition coefficient (Wildman–Crippen LogP) is 2.70. The van der Waals surface area contributed by atoms with E-state index in [1.54, 1.807) is 18.2 Å². The Hall–Kier alpha value is -0.740. The molecule has 0 saturated carbocycles. The van der Waals surface area contributed by atoms with E-state index in [2.05, 4.69) is 13.8 Å². The highest BCUT2D eigenvalue weighted by Crippen LogP contribution is 2.21. The van der Waals surface area contributed by atoms with Crippen molar-refractivity contribution in [2.24, 2.45) is 11.1 Å². The van der Waals surface area contributed by atoms with E-state index in [9.17, 15) is 8.60 Å². The molecule has 2 N–H and O–H groups in total. The van der Waals surface area contributed by atoms with Crippen LogP contribution in [0.25, 0.3) is 0 Å². The van der Waals surface area contributed by atoms with E-state index in [1.165, 1.54) is 6.07 Å². The third kappa shape index (κ3) is 4.56. The first-order valence-electron chi connectivity index (χ1n) is 5.79. The van der Waals surface area contributed by atoms with Crippen molar-refractivity contribution >= 4 is 10.8 Å². The second kappa shape index (κ2) is 6.26. The highest BCUT2D eigenvalue weighted by atomic mass is 32.2. The highest BCUT2D eigenvalue weighted by Gasteiger charge is 2.16. The minimum absolute atomic E-state index is 0.0689. The Morgan fingerprint density at radius 2 is 2.00 bits per heavy atom. The Kier molecular flexibility index (Phi) is 5.28. The molecule has 0 fully saturated rings. The van der Waals surface area contributed by atoms with Gasteiger partial charge < -0.3 is 5.73 Å². The first-order chi connectivity index (χ1) is 7.96. The molecule has 1 rings (SSSR count). The lowest BCUT2D eigenvalue weighted by atomic mass is 9.88. The van der Waals surface area contributed by atoms with Crippen LogP contribution in [-0.4, -0.2) is 16.5 Å². The van der Waals surface area contributed by atoms with E-state index < -0.39 is 10.8 Å². The summed E-state index contributed by atoms with van der Waals surface area (Å²) in [6.07, 6.45) is 1.70. The van der Waals surface area contributed by atoms with Crippen LogP contribution in [0.2, 0.25) is 0 Å². The fourth-order valence-corrected chi connectivity index (χ4v) is 2.67. The second-order valence-electron chi connectivity index (χ2n) is 4.95. The van der Waals surface area contributed by atoms with Gasteiger partial charge in [0.15, 0.2) is 0 Å². The Labute approximate surface area is 105 Å². The fraction of sp³-hybridized carbons (Fsp3) is 0.538. The molecule has 0 aromatic heterocycles. The zero-order valence-corrected chi connectivity index (χ0v) is 11.2. The summed E-state index contributed by atoms with van der Waals surface area (Å²) in [6.45, 7) is 4.78. The van der Waals surface area contributed by atoms with Crippen LogP contribution in [0, 0.1) is 11.2 Å². The maximum atomic E-state index is 13.4. The number of halogens is 1. The summed E-state index contributed by atoms with van der Waals surface area (Å²) >= 11 is 0. The van der Waals surface area contributed by atoms with Gasteiger partial charge in [0.1, 0.15) is 5.82 Å². The Bertz CT molecular complexity index is 393. The van der Waals surface area contributed by atoms with Crippen molar-refractivity contribution in [2.45, 2.75) is 31.6 Å². The lowest BCUT2D eigenvalue weighted by Gasteiger charge is -2.21. The van der Waals surface area contributed by atoms with Crippen LogP contribution < -0.4 is 5.73 Å². The summed E-state index contributed by atoms with van der Waals surface area (Å²) in [5.74, 6) is 0.105. The number of hydrogen-bond acceptors (Lipinski definition) is 2. The monoisotopic (exact) mass is 257 g/mol. The molecule has 1 aromatic carbocycles. The van der Waals surface area contributed by atoms with E-state index in [1.807, 2.05) is 0 Å². The lowest BCUT2D eigenvalue weighted by Crippen LogP contribution is -2.23. The van der Waals surface area contributed by atoms with E-state index in [-0.39, 0.29) is 11.2 Å². The lowest BCUT2D eigenvalue weighted by molar-refractivity contribution is 0.344. The van der Waals surface area contributed by atoms with Crippen LogP contribution in [0.4, 0.5) is 4.39 Å². The van der Waals surface area contributed by atoms with Gasteiger partial charge in [0.05, 0.1) is 15.7 Å². The molecule has 4 heteroatoms. The number of hydrogen-bond donors (Lipinski definition) is 1. The van der Waals surface area contributed by atoms with Gasteiger partial charge in [0.25, 0.3) is 0 Å². The third-order valence-electron chi connectivity index (χ3n) is 2.82. The summed E-state index contributed by atoms with van der Waals surface area (Å²) in [4.78, 5) is 0.304. The first kappa shape index (κ1) is 14.3. The molecular weight excluding hydrogens is 237 g/mol. The van der Waals surface area contributed by atoms with E-state index in [0.29, 0.717) is 17.2 Å². The van der Waals surface area contributed by atoms with Crippen molar-refractivity contribution in [2.75, 3.05) is 12.3 Å². The van der Waals surface area contributed by atoms with Crippen LogP contribution >= 0.6 is 0 Å². The molecule has 0 amide bonds. The summed E-state index contributed by atoms with van der Waals surface area (Å²) in [6, 6.07) is 6.24. The first-order valence-corrected chi connectivity index (χ1v) is 7.11. The number of nitrogens with two attached hydrogens (primary N) is 1. The largest absolute Gasteiger partial charge is 0.330 e. The zero-order chi connectivity index (χ0) is 12.9. The predicted molar refractivity (Wildman–Crippen MR) is 69.7 cm³/mol. The van der Waals surface area contributed by atoms with Crippen molar-refractivity contribution in [3.63, 3.8) is 0 Å². The molecule has 1 unspecified atom stereocenters. The van der Waals surface area contributed by atoms with Gasteiger partial charge in [-0.15, -0.1) is 0 Å². The topological polar surface area (TPSA) is 43.1 Å². The third-order valence-corrected chi connectivity index (χ3v) is 4.30. The van der Waals surface area contributed by atoms with Gasteiger partial charge in [-0.25, -0.2) is 4.39 Å². The van der Waals surface area contributed by atoms with Crippen LogP contribution in [0.3, 0.4) is 0 Å². The molecule has 17 heavy (non-hydrogen) atoms. The molecule has 1 aromatic rings. The number of benzene rings is 1. The van der Waals surface area contributed by atoms with Gasteiger partial charge in [-0.3, -0.25) is 4.21 Å². The summed E-state index contributed by atoms with van der Waals surface area (Å²) < 4.78 is 25.2. The standard InChI is InChI=1S/C13H20FNOS/c1-13(2,10-15)8-5-9-17(16)12-7-4-3-6-11(12)14/h3-4,6-7H,5,8-10,15H2,1-2H3. The van der Waals surface area contributed by atoms with Crippen molar-refractivity contribution in [1.29, 1.82) is 0 Å². The van der Waals surface area contributed by atoms with Crippen LogP contribution in [0.15, 0.2) is 29.2 Å². The molecule has 1 atom stereocenters. The van der Waals surface area contributed by atoms with Crippen LogP contribution in [0.1, 0.15) is 26.7 Å². The number of rotatable bonds is 6. The van der Waals surface area contributed by atoms with Crippen LogP contribution in [-0.2, 0) is 10.8 Å². The Balaban J connectivity index is 2.49. The van der Waals surface area contributed by atoms with E-state index >= 15 is 0 Å². The molecule has 0 aliphatic rings. The molecule has 0 heterocycles. The van der Waals surface area contributed by atoms with E-state index in [4.69, 9.17) is 5.73 Å². The average molecular weight is 257 g/mol. The molecule has 0 radical (unpaired) electrons. The summed E-state index contributed by atoms with van der Waals surface area (Å²) in [7, 11) is -1.25.